The molecule has 4 heteroatoms. The van der Waals surface area contributed by atoms with Crippen LogP contribution in [0.3, 0.4) is 0 Å². The van der Waals surface area contributed by atoms with Crippen molar-refractivity contribution in [3.05, 3.63) is 82.7 Å². The zero-order valence-electron chi connectivity index (χ0n) is 10.8. The van der Waals surface area contributed by atoms with Crippen LogP contribution in [-0.4, -0.2) is 15.0 Å². The summed E-state index contributed by atoms with van der Waals surface area (Å²) >= 11 is 0. The molecular weight excluding hydrogens is 250 g/mol. The van der Waals surface area contributed by atoms with Crippen LogP contribution in [0, 0.1) is 0 Å². The monoisotopic (exact) mass is 263 g/mol. The Kier molecular flexibility index (Phi) is 3.37. The molecule has 1 aromatic carbocycles. The van der Waals surface area contributed by atoms with Gasteiger partial charge in [-0.05, 0) is 17.7 Å². The van der Waals surface area contributed by atoms with E-state index in [1.165, 1.54) is 6.07 Å². The van der Waals surface area contributed by atoms with Crippen LogP contribution in [0.25, 0.3) is 11.3 Å². The second-order valence-electron chi connectivity index (χ2n) is 4.48. The Morgan fingerprint density at radius 3 is 2.50 bits per heavy atom. The van der Waals surface area contributed by atoms with Crippen molar-refractivity contribution in [2.75, 3.05) is 0 Å². The molecular formula is C16H13N3O. The van der Waals surface area contributed by atoms with Gasteiger partial charge in [-0.2, -0.15) is 0 Å². The molecule has 0 spiro atoms. The van der Waals surface area contributed by atoms with E-state index in [0.717, 1.165) is 11.1 Å². The van der Waals surface area contributed by atoms with Crippen molar-refractivity contribution in [1.29, 1.82) is 0 Å². The van der Waals surface area contributed by atoms with Crippen LogP contribution < -0.4 is 5.56 Å². The number of hydrogen-bond acceptors (Lipinski definition) is 3. The smallest absolute Gasteiger partial charge is 0.251 e. The summed E-state index contributed by atoms with van der Waals surface area (Å²) in [6.45, 7) is 0. The highest BCUT2D eigenvalue weighted by molar-refractivity contribution is 5.57. The average molecular weight is 263 g/mol. The molecule has 0 atom stereocenters. The fourth-order valence-electron chi connectivity index (χ4n) is 2.05. The molecule has 20 heavy (non-hydrogen) atoms. The van der Waals surface area contributed by atoms with Crippen LogP contribution in [0.4, 0.5) is 0 Å². The Morgan fingerprint density at radius 2 is 1.75 bits per heavy atom. The normalized spacial score (nSPS) is 10.4. The first-order valence-electron chi connectivity index (χ1n) is 6.36. The topological polar surface area (TPSA) is 58.6 Å². The number of nitrogens with zero attached hydrogens (tertiary/aromatic N) is 2. The van der Waals surface area contributed by atoms with Gasteiger partial charge in [0, 0.05) is 30.4 Å². The van der Waals surface area contributed by atoms with E-state index in [9.17, 15) is 4.79 Å². The predicted molar refractivity (Wildman–Crippen MR) is 77.3 cm³/mol. The molecule has 2 aromatic heterocycles. The molecule has 0 aliphatic carbocycles. The van der Waals surface area contributed by atoms with Gasteiger partial charge in [0.15, 0.2) is 0 Å². The standard InChI is InChI=1S/C16H13N3O/c20-16-11-14(13-6-8-17-9-7-13)18-15(19-16)10-12-4-2-1-3-5-12/h1-9,11H,10H2,(H,18,19,20). The fourth-order valence-corrected chi connectivity index (χ4v) is 2.05. The highest BCUT2D eigenvalue weighted by atomic mass is 16.1. The van der Waals surface area contributed by atoms with Crippen molar-refractivity contribution in [2.24, 2.45) is 0 Å². The maximum absolute atomic E-state index is 11.8. The van der Waals surface area contributed by atoms with Gasteiger partial charge in [-0.3, -0.25) is 9.78 Å². The first kappa shape index (κ1) is 12.3. The van der Waals surface area contributed by atoms with Gasteiger partial charge < -0.3 is 4.98 Å². The summed E-state index contributed by atoms with van der Waals surface area (Å²) in [7, 11) is 0. The average Bonchev–Trinajstić information content (AvgIpc) is 2.49. The minimum Gasteiger partial charge on any atom is -0.310 e. The van der Waals surface area contributed by atoms with Crippen molar-refractivity contribution >= 4 is 0 Å². The Hall–Kier alpha value is -2.75. The maximum atomic E-state index is 11.8. The minimum absolute atomic E-state index is 0.141. The van der Waals surface area contributed by atoms with Crippen LogP contribution in [0.5, 0.6) is 0 Å². The van der Waals surface area contributed by atoms with Gasteiger partial charge in [-0.25, -0.2) is 4.98 Å². The summed E-state index contributed by atoms with van der Waals surface area (Å²) in [5.41, 5.74) is 2.53. The lowest BCUT2D eigenvalue weighted by atomic mass is 10.1. The SMILES string of the molecule is O=c1cc(-c2ccncc2)nc(Cc2ccccc2)[nH]1. The number of nitrogens with one attached hydrogen (secondary N) is 1. The van der Waals surface area contributed by atoms with Gasteiger partial charge in [0.2, 0.25) is 0 Å². The molecule has 0 aliphatic heterocycles. The Morgan fingerprint density at radius 1 is 1.00 bits per heavy atom. The summed E-state index contributed by atoms with van der Waals surface area (Å²) in [5, 5.41) is 0. The number of H-pyrrole nitrogens is 1. The molecule has 3 aromatic rings. The van der Waals surface area contributed by atoms with E-state index in [2.05, 4.69) is 15.0 Å². The number of pyridine rings is 1. The fraction of sp³-hybridized carbons (Fsp3) is 0.0625. The number of hydrogen-bond donors (Lipinski definition) is 1. The van der Waals surface area contributed by atoms with Gasteiger partial charge in [0.05, 0.1) is 5.69 Å². The van der Waals surface area contributed by atoms with E-state index in [1.54, 1.807) is 12.4 Å². The lowest BCUT2D eigenvalue weighted by molar-refractivity contribution is 0.950. The van der Waals surface area contributed by atoms with Gasteiger partial charge in [0.25, 0.3) is 5.56 Å². The summed E-state index contributed by atoms with van der Waals surface area (Å²) < 4.78 is 0. The van der Waals surface area contributed by atoms with Gasteiger partial charge in [-0.1, -0.05) is 30.3 Å². The quantitative estimate of drug-likeness (QED) is 0.789. The highest BCUT2D eigenvalue weighted by Gasteiger charge is 2.04. The van der Waals surface area contributed by atoms with Crippen LogP contribution in [-0.2, 0) is 6.42 Å². The Bertz CT molecular complexity index is 751. The van der Waals surface area contributed by atoms with Crippen LogP contribution in [0.1, 0.15) is 11.4 Å². The van der Waals surface area contributed by atoms with Crippen molar-refractivity contribution in [3.63, 3.8) is 0 Å². The zero-order chi connectivity index (χ0) is 13.8. The molecule has 0 fully saturated rings. The largest absolute Gasteiger partial charge is 0.310 e. The summed E-state index contributed by atoms with van der Waals surface area (Å²) in [6.07, 6.45) is 3.99. The first-order valence-corrected chi connectivity index (χ1v) is 6.36. The number of aromatic nitrogens is 3. The van der Waals surface area contributed by atoms with Gasteiger partial charge in [-0.15, -0.1) is 0 Å². The molecule has 98 valence electrons. The van der Waals surface area contributed by atoms with E-state index >= 15 is 0 Å². The van der Waals surface area contributed by atoms with E-state index in [-0.39, 0.29) is 5.56 Å². The summed E-state index contributed by atoms with van der Waals surface area (Å²) in [6, 6.07) is 15.1. The zero-order valence-corrected chi connectivity index (χ0v) is 10.8. The number of rotatable bonds is 3. The van der Waals surface area contributed by atoms with Gasteiger partial charge >= 0.3 is 0 Å². The van der Waals surface area contributed by atoms with E-state index < -0.39 is 0 Å². The molecule has 1 N–H and O–H groups in total. The van der Waals surface area contributed by atoms with E-state index in [1.807, 2.05) is 42.5 Å². The lowest BCUT2D eigenvalue weighted by Crippen LogP contribution is -2.11. The molecule has 0 unspecified atom stereocenters. The summed E-state index contributed by atoms with van der Waals surface area (Å²) in [4.78, 5) is 23.0. The first-order chi connectivity index (χ1) is 9.81. The molecule has 2 heterocycles. The number of benzene rings is 1. The second kappa shape index (κ2) is 5.48. The molecule has 0 saturated carbocycles. The van der Waals surface area contributed by atoms with Crippen molar-refractivity contribution in [3.8, 4) is 11.3 Å². The lowest BCUT2D eigenvalue weighted by Gasteiger charge is -2.04. The third-order valence-electron chi connectivity index (χ3n) is 2.98. The third kappa shape index (κ3) is 2.80. The van der Waals surface area contributed by atoms with Gasteiger partial charge in [0.1, 0.15) is 5.82 Å². The molecule has 0 radical (unpaired) electrons. The molecule has 0 amide bonds. The molecule has 3 rings (SSSR count). The van der Waals surface area contributed by atoms with E-state index in [0.29, 0.717) is 17.9 Å². The molecule has 0 aliphatic rings. The minimum atomic E-state index is -0.141. The maximum Gasteiger partial charge on any atom is 0.251 e. The molecule has 0 bridgehead atoms. The second-order valence-corrected chi connectivity index (χ2v) is 4.48. The van der Waals surface area contributed by atoms with Crippen LogP contribution >= 0.6 is 0 Å². The van der Waals surface area contributed by atoms with Crippen LogP contribution in [0.2, 0.25) is 0 Å². The van der Waals surface area contributed by atoms with E-state index in [4.69, 9.17) is 0 Å². The van der Waals surface area contributed by atoms with Crippen molar-refractivity contribution < 1.29 is 0 Å². The molecule has 4 nitrogen and oxygen atoms in total. The van der Waals surface area contributed by atoms with Crippen molar-refractivity contribution in [1.82, 2.24) is 15.0 Å². The van der Waals surface area contributed by atoms with Crippen molar-refractivity contribution in [2.45, 2.75) is 6.42 Å². The molecule has 0 saturated heterocycles. The third-order valence-corrected chi connectivity index (χ3v) is 2.98. The highest BCUT2D eigenvalue weighted by Crippen LogP contribution is 2.14. The number of aromatic amines is 1. The Labute approximate surface area is 116 Å². The predicted octanol–water partition coefficient (Wildman–Crippen LogP) is 2.42. The Balaban J connectivity index is 1.97. The summed E-state index contributed by atoms with van der Waals surface area (Å²) in [5.74, 6) is 0.663. The van der Waals surface area contributed by atoms with Crippen LogP contribution in [0.15, 0.2) is 65.7 Å².